The van der Waals surface area contributed by atoms with Crippen molar-refractivity contribution in [3.8, 4) is 5.69 Å². The Morgan fingerprint density at radius 3 is 2.69 bits per heavy atom. The van der Waals surface area contributed by atoms with Crippen molar-refractivity contribution in [1.29, 1.82) is 0 Å². The molecule has 0 saturated carbocycles. The van der Waals surface area contributed by atoms with Crippen LogP contribution in [-0.4, -0.2) is 54.2 Å². The molecule has 4 rings (SSSR count). The van der Waals surface area contributed by atoms with E-state index in [1.807, 2.05) is 35.9 Å². The number of aromatic nitrogens is 2. The number of hydrogen-bond acceptors (Lipinski definition) is 6. The maximum atomic E-state index is 13.6. The van der Waals surface area contributed by atoms with Crippen LogP contribution in [-0.2, 0) is 19.7 Å². The third-order valence-electron chi connectivity index (χ3n) is 6.14. The molecule has 1 aliphatic heterocycles. The fraction of sp³-hybridized carbons (Fsp3) is 0.444. The van der Waals surface area contributed by atoms with Crippen LogP contribution < -0.4 is 10.2 Å². The van der Waals surface area contributed by atoms with Crippen LogP contribution in [0.2, 0.25) is 0 Å². The molecule has 3 heterocycles. The highest BCUT2D eigenvalue weighted by Crippen LogP contribution is 2.48. The number of para-hydroxylation sites is 1. The number of ether oxygens (including phenoxy) is 1. The van der Waals surface area contributed by atoms with Gasteiger partial charge in [-0.05, 0) is 47.4 Å². The molecular weight excluding hydrogens is 492 g/mol. The summed E-state index contributed by atoms with van der Waals surface area (Å²) >= 11 is 3.25. The molecule has 2 amide bonds. The molecule has 0 saturated heterocycles. The Morgan fingerprint density at radius 1 is 1.25 bits per heavy atom. The zero-order valence-electron chi connectivity index (χ0n) is 21.5. The van der Waals surface area contributed by atoms with E-state index in [0.717, 1.165) is 28.1 Å². The Labute approximate surface area is 221 Å². The van der Waals surface area contributed by atoms with Gasteiger partial charge in [0.2, 0.25) is 11.8 Å². The van der Waals surface area contributed by atoms with Crippen molar-refractivity contribution >= 4 is 40.7 Å². The van der Waals surface area contributed by atoms with Gasteiger partial charge in [0.25, 0.3) is 0 Å². The van der Waals surface area contributed by atoms with Crippen molar-refractivity contribution in [2.24, 2.45) is 0 Å². The molecule has 36 heavy (non-hydrogen) atoms. The quantitative estimate of drug-likeness (QED) is 0.424. The molecule has 0 unspecified atom stereocenters. The zero-order valence-corrected chi connectivity index (χ0v) is 23.2. The van der Waals surface area contributed by atoms with Crippen LogP contribution in [0, 0.1) is 6.92 Å². The van der Waals surface area contributed by atoms with Crippen molar-refractivity contribution in [3.63, 3.8) is 0 Å². The van der Waals surface area contributed by atoms with Crippen LogP contribution in [0.3, 0.4) is 0 Å². The number of rotatable bonds is 8. The number of thiophene rings is 1. The Morgan fingerprint density at radius 2 is 2.03 bits per heavy atom. The van der Waals surface area contributed by atoms with Crippen LogP contribution in [0.4, 0.5) is 5.82 Å². The standard InChI is InChI=1S/C27H34N4O3S2/c1-18-9-6-7-10-20(18)31-26-23(25(29-31)27(2,3)4)24(19-11-14-35-16-19)36-17-22(33)30(26)15-21(32)28-12-8-13-34-5/h6-7,9-11,14,16,24H,8,12-13,15,17H2,1-5H3,(H,28,32)/t24-/m0/s1. The van der Waals surface area contributed by atoms with E-state index in [2.05, 4.69) is 42.9 Å². The number of methoxy groups -OCH3 is 1. The van der Waals surface area contributed by atoms with Crippen molar-refractivity contribution < 1.29 is 14.3 Å². The lowest BCUT2D eigenvalue weighted by atomic mass is 9.87. The molecule has 0 fully saturated rings. The van der Waals surface area contributed by atoms with Gasteiger partial charge in [-0.3, -0.25) is 14.5 Å². The van der Waals surface area contributed by atoms with Crippen molar-refractivity contribution in [3.05, 3.63) is 63.5 Å². The van der Waals surface area contributed by atoms with Crippen molar-refractivity contribution in [2.75, 3.05) is 37.5 Å². The molecule has 192 valence electrons. The van der Waals surface area contributed by atoms with Gasteiger partial charge < -0.3 is 10.1 Å². The molecule has 0 bridgehead atoms. The van der Waals surface area contributed by atoms with E-state index < -0.39 is 0 Å². The molecule has 3 aromatic rings. The molecule has 2 aromatic heterocycles. The fourth-order valence-corrected chi connectivity index (χ4v) is 6.33. The normalized spacial score (nSPS) is 16.1. The van der Waals surface area contributed by atoms with Gasteiger partial charge in [-0.2, -0.15) is 16.4 Å². The smallest absolute Gasteiger partial charge is 0.240 e. The minimum atomic E-state index is -0.270. The second-order valence-electron chi connectivity index (χ2n) is 9.96. The topological polar surface area (TPSA) is 76.5 Å². The van der Waals surface area contributed by atoms with E-state index in [1.165, 1.54) is 0 Å². The van der Waals surface area contributed by atoms with E-state index in [1.54, 1.807) is 35.1 Å². The lowest BCUT2D eigenvalue weighted by Crippen LogP contribution is -2.42. The minimum Gasteiger partial charge on any atom is -0.385 e. The van der Waals surface area contributed by atoms with Crippen LogP contribution in [0.25, 0.3) is 5.69 Å². The summed E-state index contributed by atoms with van der Waals surface area (Å²) in [6.45, 7) is 9.48. The number of thioether (sulfide) groups is 1. The summed E-state index contributed by atoms with van der Waals surface area (Å²) < 4.78 is 6.96. The van der Waals surface area contributed by atoms with E-state index in [-0.39, 0.29) is 34.8 Å². The van der Waals surface area contributed by atoms with Gasteiger partial charge in [0, 0.05) is 31.2 Å². The molecule has 1 N–H and O–H groups in total. The average molecular weight is 527 g/mol. The zero-order chi connectivity index (χ0) is 25.9. The van der Waals surface area contributed by atoms with Gasteiger partial charge >= 0.3 is 0 Å². The molecule has 0 aliphatic carbocycles. The first-order valence-electron chi connectivity index (χ1n) is 12.1. The average Bonchev–Trinajstić information content (AvgIpc) is 3.47. The maximum absolute atomic E-state index is 13.6. The highest BCUT2D eigenvalue weighted by atomic mass is 32.2. The number of aryl methyl sites for hydroxylation is 1. The summed E-state index contributed by atoms with van der Waals surface area (Å²) in [5.41, 5.74) is 4.77. The third kappa shape index (κ3) is 5.53. The largest absolute Gasteiger partial charge is 0.385 e. The molecular formula is C27H34N4O3S2. The number of nitrogens with zero attached hydrogens (tertiary/aromatic N) is 3. The molecule has 1 aromatic carbocycles. The highest BCUT2D eigenvalue weighted by Gasteiger charge is 2.40. The third-order valence-corrected chi connectivity index (χ3v) is 8.09. The first-order chi connectivity index (χ1) is 17.2. The second-order valence-corrected chi connectivity index (χ2v) is 11.8. The number of anilines is 1. The van der Waals surface area contributed by atoms with E-state index in [0.29, 0.717) is 25.4 Å². The first kappa shape index (κ1) is 26.4. The highest BCUT2D eigenvalue weighted by molar-refractivity contribution is 8.00. The van der Waals surface area contributed by atoms with E-state index >= 15 is 0 Å². The van der Waals surface area contributed by atoms with Crippen LogP contribution >= 0.6 is 23.1 Å². The summed E-state index contributed by atoms with van der Waals surface area (Å²) in [6.07, 6.45) is 0.715. The van der Waals surface area contributed by atoms with E-state index in [9.17, 15) is 9.59 Å². The summed E-state index contributed by atoms with van der Waals surface area (Å²) in [6, 6.07) is 10.1. The predicted molar refractivity (Wildman–Crippen MR) is 147 cm³/mol. The lowest BCUT2D eigenvalue weighted by molar-refractivity contribution is -0.122. The number of hydrogen-bond donors (Lipinski definition) is 1. The number of nitrogens with one attached hydrogen (secondary N) is 1. The van der Waals surface area contributed by atoms with Gasteiger partial charge in [0.1, 0.15) is 12.4 Å². The van der Waals surface area contributed by atoms with Gasteiger partial charge in [-0.15, -0.1) is 11.8 Å². The number of carbonyl (C=O) groups excluding carboxylic acids is 2. The van der Waals surface area contributed by atoms with Crippen LogP contribution in [0.5, 0.6) is 0 Å². The monoisotopic (exact) mass is 526 g/mol. The Bertz CT molecular complexity index is 1210. The molecule has 7 nitrogen and oxygen atoms in total. The van der Waals surface area contributed by atoms with Crippen molar-refractivity contribution in [1.82, 2.24) is 15.1 Å². The fourth-order valence-electron chi connectivity index (χ4n) is 4.37. The molecule has 1 atom stereocenters. The molecule has 0 radical (unpaired) electrons. The van der Waals surface area contributed by atoms with Crippen molar-refractivity contribution in [2.45, 2.75) is 44.8 Å². The van der Waals surface area contributed by atoms with Crippen LogP contribution in [0.1, 0.15) is 54.8 Å². The Hall–Kier alpha value is -2.62. The number of benzene rings is 1. The molecule has 9 heteroatoms. The number of amides is 2. The second kappa shape index (κ2) is 11.2. The molecule has 0 spiro atoms. The van der Waals surface area contributed by atoms with Crippen LogP contribution in [0.15, 0.2) is 41.1 Å². The molecule has 1 aliphatic rings. The van der Waals surface area contributed by atoms with Gasteiger partial charge in [-0.1, -0.05) is 39.0 Å². The lowest BCUT2D eigenvalue weighted by Gasteiger charge is -2.24. The minimum absolute atomic E-state index is 0.0584. The summed E-state index contributed by atoms with van der Waals surface area (Å²) in [5, 5.41) is 12.2. The SMILES string of the molecule is COCCCNC(=O)CN1C(=O)CS[C@@H](c2ccsc2)c2c(C(C)(C)C)nn(-c3ccccc3C)c21. The van der Waals surface area contributed by atoms with Gasteiger partial charge in [-0.25, -0.2) is 4.68 Å². The Kier molecular flexibility index (Phi) is 8.22. The van der Waals surface area contributed by atoms with Gasteiger partial charge in [0.05, 0.1) is 22.4 Å². The summed E-state index contributed by atoms with van der Waals surface area (Å²) in [5.74, 6) is 0.677. The first-order valence-corrected chi connectivity index (χ1v) is 14.1. The Balaban J connectivity index is 1.89. The number of carbonyl (C=O) groups is 2. The maximum Gasteiger partial charge on any atom is 0.240 e. The number of fused-ring (bicyclic) bond motifs is 1. The summed E-state index contributed by atoms with van der Waals surface area (Å²) in [4.78, 5) is 28.2. The van der Waals surface area contributed by atoms with E-state index in [4.69, 9.17) is 9.84 Å². The predicted octanol–water partition coefficient (Wildman–Crippen LogP) is 4.86. The summed E-state index contributed by atoms with van der Waals surface area (Å²) in [7, 11) is 1.64. The van der Waals surface area contributed by atoms with Gasteiger partial charge in [0.15, 0.2) is 0 Å².